The summed E-state index contributed by atoms with van der Waals surface area (Å²) in [7, 11) is 1.69. The number of rotatable bonds is 4. The number of methoxy groups -OCH3 is 1. The fourth-order valence-corrected chi connectivity index (χ4v) is 2.80. The van der Waals surface area contributed by atoms with Crippen LogP contribution in [0.1, 0.15) is 30.9 Å². The van der Waals surface area contributed by atoms with E-state index in [9.17, 15) is 0 Å². The van der Waals surface area contributed by atoms with Gasteiger partial charge in [-0.15, -0.1) is 0 Å². The van der Waals surface area contributed by atoms with E-state index in [0.29, 0.717) is 5.92 Å². The third kappa shape index (κ3) is 3.46. The van der Waals surface area contributed by atoms with Gasteiger partial charge in [-0.25, -0.2) is 0 Å². The van der Waals surface area contributed by atoms with Crippen LogP contribution < -0.4 is 10.5 Å². The number of benzene rings is 1. The first kappa shape index (κ1) is 13.8. The maximum atomic E-state index is 6.32. The van der Waals surface area contributed by atoms with E-state index in [1.807, 2.05) is 18.2 Å². The molecule has 0 amide bonds. The van der Waals surface area contributed by atoms with E-state index >= 15 is 0 Å². The highest BCUT2D eigenvalue weighted by Crippen LogP contribution is 2.32. The van der Waals surface area contributed by atoms with Crippen LogP contribution in [0.25, 0.3) is 0 Å². The summed E-state index contributed by atoms with van der Waals surface area (Å²) in [4.78, 5) is 0. The molecule has 1 unspecified atom stereocenters. The van der Waals surface area contributed by atoms with Crippen molar-refractivity contribution in [3.8, 4) is 5.75 Å². The minimum atomic E-state index is 0.0381. The first-order valence-electron chi connectivity index (χ1n) is 6.37. The Bertz CT molecular complexity index is 391. The zero-order valence-electron chi connectivity index (χ0n) is 10.7. The summed E-state index contributed by atoms with van der Waals surface area (Å²) in [6.07, 6.45) is 3.24. The van der Waals surface area contributed by atoms with E-state index in [0.717, 1.165) is 48.3 Å². The number of ether oxygens (including phenoxy) is 2. The molecular formula is C14H20BrNO2. The molecule has 2 N–H and O–H groups in total. The monoisotopic (exact) mass is 313 g/mol. The third-order valence-electron chi connectivity index (χ3n) is 3.52. The standard InChI is InChI=1S/C14H20BrNO2/c1-17-14-9-11(15)2-3-12(14)13(16)8-10-4-6-18-7-5-10/h2-3,9-10,13H,4-8,16H2,1H3. The molecule has 0 bridgehead atoms. The number of hydrogen-bond acceptors (Lipinski definition) is 3. The van der Waals surface area contributed by atoms with Gasteiger partial charge in [0.1, 0.15) is 5.75 Å². The van der Waals surface area contributed by atoms with Crippen LogP contribution in [0.5, 0.6) is 5.75 Å². The molecular weight excluding hydrogens is 294 g/mol. The van der Waals surface area contributed by atoms with Crippen molar-refractivity contribution < 1.29 is 9.47 Å². The van der Waals surface area contributed by atoms with E-state index in [1.165, 1.54) is 0 Å². The van der Waals surface area contributed by atoms with Gasteiger partial charge in [0.25, 0.3) is 0 Å². The Kier molecular flexibility index (Phi) is 5.03. The molecule has 1 aromatic carbocycles. The quantitative estimate of drug-likeness (QED) is 0.927. The largest absolute Gasteiger partial charge is 0.496 e. The number of hydrogen-bond donors (Lipinski definition) is 1. The highest BCUT2D eigenvalue weighted by molar-refractivity contribution is 9.10. The molecule has 100 valence electrons. The third-order valence-corrected chi connectivity index (χ3v) is 4.02. The van der Waals surface area contributed by atoms with Crippen molar-refractivity contribution in [2.45, 2.75) is 25.3 Å². The highest BCUT2D eigenvalue weighted by Gasteiger charge is 2.20. The molecule has 3 nitrogen and oxygen atoms in total. The molecule has 1 fully saturated rings. The van der Waals surface area contributed by atoms with Crippen LogP contribution in [0.3, 0.4) is 0 Å². The smallest absolute Gasteiger partial charge is 0.124 e. The number of nitrogens with two attached hydrogens (primary N) is 1. The first-order chi connectivity index (χ1) is 8.70. The minimum absolute atomic E-state index is 0.0381. The van der Waals surface area contributed by atoms with E-state index in [1.54, 1.807) is 7.11 Å². The van der Waals surface area contributed by atoms with Crippen molar-refractivity contribution in [2.75, 3.05) is 20.3 Å². The molecule has 0 radical (unpaired) electrons. The van der Waals surface area contributed by atoms with Gasteiger partial charge >= 0.3 is 0 Å². The fraction of sp³-hybridized carbons (Fsp3) is 0.571. The molecule has 0 spiro atoms. The molecule has 0 aliphatic carbocycles. The van der Waals surface area contributed by atoms with Gasteiger partial charge in [-0.05, 0) is 37.3 Å². The van der Waals surface area contributed by atoms with Crippen LogP contribution in [0.4, 0.5) is 0 Å². The summed E-state index contributed by atoms with van der Waals surface area (Å²) >= 11 is 3.45. The second-order valence-electron chi connectivity index (χ2n) is 4.78. The Balaban J connectivity index is 2.05. The van der Waals surface area contributed by atoms with Gasteiger partial charge in [-0.1, -0.05) is 22.0 Å². The van der Waals surface area contributed by atoms with Gasteiger partial charge in [-0.2, -0.15) is 0 Å². The molecule has 2 rings (SSSR count). The molecule has 1 saturated heterocycles. The summed E-state index contributed by atoms with van der Waals surface area (Å²) in [6, 6.07) is 6.07. The van der Waals surface area contributed by atoms with E-state index < -0.39 is 0 Å². The molecule has 1 atom stereocenters. The SMILES string of the molecule is COc1cc(Br)ccc1C(N)CC1CCOCC1. The highest BCUT2D eigenvalue weighted by atomic mass is 79.9. The zero-order valence-corrected chi connectivity index (χ0v) is 12.3. The van der Waals surface area contributed by atoms with Crippen molar-refractivity contribution in [3.05, 3.63) is 28.2 Å². The fourth-order valence-electron chi connectivity index (χ4n) is 2.46. The van der Waals surface area contributed by atoms with Crippen LogP contribution in [-0.4, -0.2) is 20.3 Å². The Hall–Kier alpha value is -0.580. The van der Waals surface area contributed by atoms with Gasteiger partial charge in [0.2, 0.25) is 0 Å². The first-order valence-corrected chi connectivity index (χ1v) is 7.16. The lowest BCUT2D eigenvalue weighted by Crippen LogP contribution is -2.21. The Morgan fingerprint density at radius 1 is 1.44 bits per heavy atom. The summed E-state index contributed by atoms with van der Waals surface area (Å²) in [5, 5.41) is 0. The Morgan fingerprint density at radius 3 is 2.83 bits per heavy atom. The Morgan fingerprint density at radius 2 is 2.17 bits per heavy atom. The normalized spacial score (nSPS) is 18.6. The van der Waals surface area contributed by atoms with Crippen LogP contribution in [-0.2, 0) is 4.74 Å². The minimum Gasteiger partial charge on any atom is -0.496 e. The van der Waals surface area contributed by atoms with Gasteiger partial charge in [-0.3, -0.25) is 0 Å². The van der Waals surface area contributed by atoms with Crippen molar-refractivity contribution in [1.29, 1.82) is 0 Å². The maximum Gasteiger partial charge on any atom is 0.124 e. The van der Waals surface area contributed by atoms with Crippen molar-refractivity contribution in [1.82, 2.24) is 0 Å². The Labute approximate surface area is 117 Å². The summed E-state index contributed by atoms with van der Waals surface area (Å²) in [5.74, 6) is 1.53. The van der Waals surface area contributed by atoms with Crippen molar-refractivity contribution in [2.24, 2.45) is 11.7 Å². The topological polar surface area (TPSA) is 44.5 Å². The second kappa shape index (κ2) is 6.55. The van der Waals surface area contributed by atoms with Gasteiger partial charge in [0.05, 0.1) is 7.11 Å². The van der Waals surface area contributed by atoms with Crippen LogP contribution in [0.2, 0.25) is 0 Å². The molecule has 1 aliphatic heterocycles. The second-order valence-corrected chi connectivity index (χ2v) is 5.70. The zero-order chi connectivity index (χ0) is 13.0. The molecule has 1 aromatic rings. The van der Waals surface area contributed by atoms with E-state index in [4.69, 9.17) is 15.2 Å². The van der Waals surface area contributed by atoms with Gasteiger partial charge in [0, 0.05) is 29.3 Å². The molecule has 0 saturated carbocycles. The number of halogens is 1. The molecule has 1 heterocycles. The van der Waals surface area contributed by atoms with Gasteiger partial charge < -0.3 is 15.2 Å². The maximum absolute atomic E-state index is 6.32. The summed E-state index contributed by atoms with van der Waals surface area (Å²) < 4.78 is 11.8. The lowest BCUT2D eigenvalue weighted by molar-refractivity contribution is 0.0618. The van der Waals surface area contributed by atoms with Gasteiger partial charge in [0.15, 0.2) is 0 Å². The molecule has 18 heavy (non-hydrogen) atoms. The lowest BCUT2D eigenvalue weighted by atomic mass is 9.89. The average molecular weight is 314 g/mol. The lowest BCUT2D eigenvalue weighted by Gasteiger charge is -2.25. The molecule has 1 aliphatic rings. The van der Waals surface area contributed by atoms with Crippen molar-refractivity contribution in [3.63, 3.8) is 0 Å². The van der Waals surface area contributed by atoms with Crippen LogP contribution >= 0.6 is 15.9 Å². The van der Waals surface area contributed by atoms with Crippen LogP contribution in [0.15, 0.2) is 22.7 Å². The molecule has 4 heteroatoms. The van der Waals surface area contributed by atoms with Crippen LogP contribution in [0, 0.1) is 5.92 Å². The van der Waals surface area contributed by atoms with E-state index in [2.05, 4.69) is 15.9 Å². The molecule has 0 aromatic heterocycles. The summed E-state index contributed by atoms with van der Waals surface area (Å²) in [6.45, 7) is 1.74. The van der Waals surface area contributed by atoms with E-state index in [-0.39, 0.29) is 6.04 Å². The average Bonchev–Trinajstić information content (AvgIpc) is 2.39. The predicted octanol–water partition coefficient (Wildman–Crippen LogP) is 3.27. The predicted molar refractivity (Wildman–Crippen MR) is 75.8 cm³/mol. The summed E-state index contributed by atoms with van der Waals surface area (Å²) in [5.41, 5.74) is 7.41. The van der Waals surface area contributed by atoms with Crippen molar-refractivity contribution >= 4 is 15.9 Å².